The monoisotopic (exact) mass is 466 g/mol. The van der Waals surface area contributed by atoms with Gasteiger partial charge < -0.3 is 19.4 Å². The van der Waals surface area contributed by atoms with E-state index in [4.69, 9.17) is 9.47 Å². The number of amides is 1. The van der Waals surface area contributed by atoms with Gasteiger partial charge in [0.05, 0.1) is 36.4 Å². The maximum atomic E-state index is 13.3. The van der Waals surface area contributed by atoms with Crippen molar-refractivity contribution in [3.05, 3.63) is 81.9 Å². The molecule has 2 aromatic carbocycles. The minimum Gasteiger partial charge on any atom is -0.496 e. The minimum absolute atomic E-state index is 0.150. The lowest BCUT2D eigenvalue weighted by Gasteiger charge is -2.07. The predicted molar refractivity (Wildman–Crippen MR) is 123 cm³/mol. The first-order valence-electron chi connectivity index (χ1n) is 9.84. The Morgan fingerprint density at radius 2 is 1.82 bits per heavy atom. The lowest BCUT2D eigenvalue weighted by molar-refractivity contribution is -0.112. The van der Waals surface area contributed by atoms with Gasteiger partial charge in [0.1, 0.15) is 16.4 Å². The van der Waals surface area contributed by atoms with Gasteiger partial charge in [0.25, 0.3) is 11.7 Å². The second kappa shape index (κ2) is 9.25. The first kappa shape index (κ1) is 22.2. The number of rotatable bonds is 7. The summed E-state index contributed by atoms with van der Waals surface area (Å²) in [5, 5.41) is 4.60. The van der Waals surface area contributed by atoms with Crippen LogP contribution in [-0.2, 0) is 16.1 Å². The highest BCUT2D eigenvalue weighted by Crippen LogP contribution is 2.32. The van der Waals surface area contributed by atoms with E-state index in [0.29, 0.717) is 23.2 Å². The number of Topliss-reactive ketones (excluding diaryl/α,β-unsaturated/α-hetero) is 1. The molecule has 0 spiro atoms. The van der Waals surface area contributed by atoms with E-state index in [1.165, 1.54) is 32.4 Å². The summed E-state index contributed by atoms with van der Waals surface area (Å²) in [4.78, 5) is 38.1. The number of benzene rings is 2. The summed E-state index contributed by atoms with van der Waals surface area (Å²) in [6.45, 7) is 0.357. The Morgan fingerprint density at radius 1 is 1.06 bits per heavy atom. The molecule has 4 rings (SSSR count). The van der Waals surface area contributed by atoms with Gasteiger partial charge >= 0.3 is 5.97 Å². The van der Waals surface area contributed by atoms with Gasteiger partial charge in [-0.1, -0.05) is 18.2 Å². The summed E-state index contributed by atoms with van der Waals surface area (Å²) in [7, 11) is 2.72. The number of nitrogens with zero attached hydrogens (tertiary/aromatic N) is 1. The number of aromatic nitrogens is 1. The fourth-order valence-corrected chi connectivity index (χ4v) is 4.30. The number of hydrogen-bond donors (Lipinski definition) is 1. The molecule has 33 heavy (non-hydrogen) atoms. The van der Waals surface area contributed by atoms with E-state index >= 15 is 0 Å². The topological polar surface area (TPSA) is 86.6 Å². The summed E-state index contributed by atoms with van der Waals surface area (Å²) in [5.41, 5.74) is 1.85. The smallest absolute Gasteiger partial charge is 0.350 e. The number of ether oxygens (including phenoxy) is 2. The first-order chi connectivity index (χ1) is 15.9. The molecule has 0 saturated carbocycles. The average Bonchev–Trinajstić information content (AvgIpc) is 3.44. The number of methoxy groups -OCH3 is 2. The molecule has 0 bridgehead atoms. The normalized spacial score (nSPS) is 10.8. The SMILES string of the molecule is COC(=O)c1sccc1NC(=O)C(=O)c1cn(Cc2ccc(F)cc2)c2cccc(OC)c12. The van der Waals surface area contributed by atoms with Crippen LogP contribution in [0.1, 0.15) is 25.6 Å². The number of anilines is 1. The number of esters is 1. The van der Waals surface area contributed by atoms with Gasteiger partial charge in [0.2, 0.25) is 0 Å². The van der Waals surface area contributed by atoms with Gasteiger partial charge in [-0.15, -0.1) is 11.3 Å². The summed E-state index contributed by atoms with van der Waals surface area (Å²) in [6, 6.07) is 12.9. The summed E-state index contributed by atoms with van der Waals surface area (Å²) in [6.07, 6.45) is 1.58. The molecular formula is C24H19FN2O5S. The molecule has 168 valence electrons. The largest absolute Gasteiger partial charge is 0.496 e. The number of halogens is 1. The van der Waals surface area contributed by atoms with E-state index in [1.54, 1.807) is 40.4 Å². The number of carbonyl (C=O) groups is 3. The number of fused-ring (bicyclic) bond motifs is 1. The van der Waals surface area contributed by atoms with Crippen molar-refractivity contribution in [3.63, 3.8) is 0 Å². The molecule has 0 saturated heterocycles. The molecule has 0 unspecified atom stereocenters. The van der Waals surface area contributed by atoms with Gasteiger partial charge in [0.15, 0.2) is 0 Å². The summed E-state index contributed by atoms with van der Waals surface area (Å²) < 4.78 is 25.2. The molecule has 0 aliphatic heterocycles. The van der Waals surface area contributed by atoms with Crippen molar-refractivity contribution in [3.8, 4) is 5.75 Å². The highest BCUT2D eigenvalue weighted by atomic mass is 32.1. The van der Waals surface area contributed by atoms with Gasteiger partial charge in [-0.05, 0) is 41.3 Å². The third kappa shape index (κ3) is 4.35. The Bertz CT molecular complexity index is 1360. The van der Waals surface area contributed by atoms with E-state index in [-0.39, 0.29) is 21.9 Å². The van der Waals surface area contributed by atoms with Crippen molar-refractivity contribution in [2.75, 3.05) is 19.5 Å². The van der Waals surface area contributed by atoms with Crippen LogP contribution in [0.4, 0.5) is 10.1 Å². The van der Waals surface area contributed by atoms with E-state index in [9.17, 15) is 18.8 Å². The quantitative estimate of drug-likeness (QED) is 0.246. The zero-order chi connectivity index (χ0) is 23.5. The van der Waals surface area contributed by atoms with Gasteiger partial charge in [-0.25, -0.2) is 9.18 Å². The van der Waals surface area contributed by atoms with E-state index in [2.05, 4.69) is 5.32 Å². The average molecular weight is 466 g/mol. The number of carbonyl (C=O) groups excluding carboxylic acids is 3. The second-order valence-electron chi connectivity index (χ2n) is 7.09. The minimum atomic E-state index is -0.898. The van der Waals surface area contributed by atoms with Crippen molar-refractivity contribution in [1.29, 1.82) is 0 Å². The number of thiophene rings is 1. The molecule has 0 aliphatic rings. The van der Waals surface area contributed by atoms with Crippen LogP contribution in [0.25, 0.3) is 10.9 Å². The molecule has 2 aromatic heterocycles. The molecule has 0 aliphatic carbocycles. The molecule has 0 radical (unpaired) electrons. The van der Waals surface area contributed by atoms with E-state index in [1.807, 2.05) is 6.07 Å². The fraction of sp³-hybridized carbons (Fsp3) is 0.125. The maximum absolute atomic E-state index is 13.3. The standard InChI is InChI=1S/C24H19FN2O5S/c1-31-19-5-3-4-18-20(19)16(13-27(18)12-14-6-8-15(25)9-7-14)21(28)23(29)26-17-10-11-33-22(17)24(30)32-2/h3-11,13H,12H2,1-2H3,(H,26,29). The number of ketones is 1. The molecule has 2 heterocycles. The van der Waals surface area contributed by atoms with Crippen molar-refractivity contribution in [1.82, 2.24) is 4.57 Å². The molecule has 1 amide bonds. The molecule has 7 nitrogen and oxygen atoms in total. The van der Waals surface area contributed by atoms with Crippen LogP contribution in [0.5, 0.6) is 5.75 Å². The predicted octanol–water partition coefficient (Wildman–Crippen LogP) is 4.51. The van der Waals surface area contributed by atoms with Crippen molar-refractivity contribution < 1.29 is 28.2 Å². The van der Waals surface area contributed by atoms with Gasteiger partial charge in [0, 0.05) is 12.7 Å². The Kier molecular flexibility index (Phi) is 6.23. The van der Waals surface area contributed by atoms with Crippen LogP contribution in [0.3, 0.4) is 0 Å². The number of nitrogens with one attached hydrogen (secondary N) is 1. The van der Waals surface area contributed by atoms with Gasteiger partial charge in [-0.2, -0.15) is 0 Å². The lowest BCUT2D eigenvalue weighted by atomic mass is 10.1. The third-order valence-corrected chi connectivity index (χ3v) is 5.98. The van der Waals surface area contributed by atoms with E-state index in [0.717, 1.165) is 16.9 Å². The maximum Gasteiger partial charge on any atom is 0.350 e. The van der Waals surface area contributed by atoms with Gasteiger partial charge in [-0.3, -0.25) is 9.59 Å². The Morgan fingerprint density at radius 3 is 2.52 bits per heavy atom. The van der Waals surface area contributed by atoms with Crippen LogP contribution in [0.15, 0.2) is 60.1 Å². The number of hydrogen-bond acceptors (Lipinski definition) is 6. The van der Waals surface area contributed by atoms with Crippen molar-refractivity contribution in [2.45, 2.75) is 6.54 Å². The molecular weight excluding hydrogens is 447 g/mol. The lowest BCUT2D eigenvalue weighted by Crippen LogP contribution is -2.23. The van der Waals surface area contributed by atoms with Crippen LogP contribution in [-0.4, -0.2) is 36.4 Å². The first-order valence-corrected chi connectivity index (χ1v) is 10.7. The zero-order valence-electron chi connectivity index (χ0n) is 17.8. The highest BCUT2D eigenvalue weighted by Gasteiger charge is 2.26. The Labute approximate surface area is 192 Å². The van der Waals surface area contributed by atoms with Crippen LogP contribution >= 0.6 is 11.3 Å². The third-order valence-electron chi connectivity index (χ3n) is 5.09. The van der Waals surface area contributed by atoms with Crippen LogP contribution in [0, 0.1) is 5.82 Å². The highest BCUT2D eigenvalue weighted by molar-refractivity contribution is 7.12. The second-order valence-corrected chi connectivity index (χ2v) is 8.01. The molecule has 9 heteroatoms. The Balaban J connectivity index is 1.71. The fourth-order valence-electron chi connectivity index (χ4n) is 3.54. The summed E-state index contributed by atoms with van der Waals surface area (Å²) in [5.74, 6) is -2.20. The molecule has 4 aromatic rings. The molecule has 0 fully saturated rings. The molecule has 0 atom stereocenters. The van der Waals surface area contributed by atoms with Crippen LogP contribution < -0.4 is 10.1 Å². The molecule has 1 N–H and O–H groups in total. The Hall–Kier alpha value is -3.98. The summed E-state index contributed by atoms with van der Waals surface area (Å²) >= 11 is 1.10. The zero-order valence-corrected chi connectivity index (χ0v) is 18.6. The van der Waals surface area contributed by atoms with Crippen molar-refractivity contribution in [2.24, 2.45) is 0 Å². The van der Waals surface area contributed by atoms with Crippen molar-refractivity contribution >= 4 is 45.6 Å². The van der Waals surface area contributed by atoms with E-state index < -0.39 is 17.7 Å². The van der Waals surface area contributed by atoms with Crippen LogP contribution in [0.2, 0.25) is 0 Å².